The van der Waals surface area contributed by atoms with Gasteiger partial charge in [-0.2, -0.15) is 0 Å². The monoisotopic (exact) mass is 269 g/mol. The van der Waals surface area contributed by atoms with Crippen molar-refractivity contribution in [3.63, 3.8) is 0 Å². The molecule has 0 aliphatic carbocycles. The smallest absolute Gasteiger partial charge is 0.263 e. The summed E-state index contributed by atoms with van der Waals surface area (Å²) in [5.74, 6) is -0.566. The van der Waals surface area contributed by atoms with E-state index in [0.717, 1.165) is 23.1 Å². The molecule has 2 N–H and O–H groups in total. The zero-order valence-corrected chi connectivity index (χ0v) is 8.56. The quantitative estimate of drug-likeness (QED) is 0.795. The van der Waals surface area contributed by atoms with Crippen LogP contribution in [0.4, 0.5) is 4.39 Å². The summed E-state index contributed by atoms with van der Waals surface area (Å²) in [6.45, 7) is 0. The number of benzene rings is 1. The molecule has 0 bridgehead atoms. The number of sulfonamides is 1. The second kappa shape index (κ2) is 3.70. The fraction of sp³-hybridized carbons (Fsp3) is 0. The van der Waals surface area contributed by atoms with Gasteiger partial charge in [0.05, 0.1) is 4.90 Å². The molecule has 0 aliphatic rings. The Hall–Kier alpha value is -0.500. The molecule has 0 spiro atoms. The van der Waals surface area contributed by atoms with Crippen LogP contribution >= 0.6 is 15.9 Å². The minimum Gasteiger partial charge on any atom is -0.302 e. The van der Waals surface area contributed by atoms with Gasteiger partial charge in [0.1, 0.15) is 5.82 Å². The molecule has 0 amide bonds. The Bertz CT molecular complexity index is 420. The van der Waals surface area contributed by atoms with Gasteiger partial charge in [0.15, 0.2) is 0 Å². The minimum absolute atomic E-state index is 0.0500. The van der Waals surface area contributed by atoms with Crippen molar-refractivity contribution in [3.05, 3.63) is 28.5 Å². The number of rotatable bonds is 2. The third-order valence-corrected chi connectivity index (χ3v) is 3.40. The average Bonchev–Trinajstić information content (AvgIpc) is 2.03. The van der Waals surface area contributed by atoms with Crippen LogP contribution in [0.5, 0.6) is 0 Å². The summed E-state index contributed by atoms with van der Waals surface area (Å²) >= 11 is 2.85. The first-order valence-electron chi connectivity index (χ1n) is 3.08. The van der Waals surface area contributed by atoms with E-state index in [1.807, 2.05) is 0 Å². The highest BCUT2D eigenvalue weighted by atomic mass is 79.9. The van der Waals surface area contributed by atoms with E-state index in [1.165, 1.54) is 0 Å². The van der Waals surface area contributed by atoms with Crippen LogP contribution in [0.2, 0.25) is 0 Å². The molecule has 7 heteroatoms. The zero-order valence-electron chi connectivity index (χ0n) is 6.16. The Morgan fingerprint density at radius 1 is 1.46 bits per heavy atom. The number of hydrogen-bond acceptors (Lipinski definition) is 3. The topological polar surface area (TPSA) is 66.4 Å². The summed E-state index contributed by atoms with van der Waals surface area (Å²) in [5.41, 5.74) is 0. The summed E-state index contributed by atoms with van der Waals surface area (Å²) < 4.78 is 34.6. The molecular formula is C6H5BrFNO3S. The lowest BCUT2D eigenvalue weighted by Gasteiger charge is -2.03. The van der Waals surface area contributed by atoms with Crippen LogP contribution in [0.15, 0.2) is 27.6 Å². The van der Waals surface area contributed by atoms with Gasteiger partial charge in [0.25, 0.3) is 10.0 Å². The normalized spacial score (nSPS) is 11.6. The van der Waals surface area contributed by atoms with E-state index in [0.29, 0.717) is 0 Å². The molecule has 0 aliphatic heterocycles. The maximum absolute atomic E-state index is 12.5. The molecule has 0 fully saturated rings. The van der Waals surface area contributed by atoms with Crippen molar-refractivity contribution < 1.29 is 18.0 Å². The Kier molecular flexibility index (Phi) is 3.01. The van der Waals surface area contributed by atoms with E-state index in [4.69, 9.17) is 5.21 Å². The average molecular weight is 270 g/mol. The van der Waals surface area contributed by atoms with Gasteiger partial charge in [-0.05, 0) is 34.1 Å². The molecule has 0 aromatic heterocycles. The van der Waals surface area contributed by atoms with Gasteiger partial charge in [0.2, 0.25) is 0 Å². The van der Waals surface area contributed by atoms with Gasteiger partial charge in [-0.25, -0.2) is 12.8 Å². The molecule has 72 valence electrons. The van der Waals surface area contributed by atoms with E-state index >= 15 is 0 Å². The molecule has 4 nitrogen and oxygen atoms in total. The maximum Gasteiger partial charge on any atom is 0.263 e. The lowest BCUT2D eigenvalue weighted by atomic mass is 10.3. The van der Waals surface area contributed by atoms with Crippen LogP contribution in [0, 0.1) is 5.82 Å². The summed E-state index contributed by atoms with van der Waals surface area (Å²) in [6, 6.07) is 3.01. The largest absolute Gasteiger partial charge is 0.302 e. The van der Waals surface area contributed by atoms with Gasteiger partial charge in [-0.15, -0.1) is 0 Å². The van der Waals surface area contributed by atoms with Crippen LogP contribution in [0.3, 0.4) is 0 Å². The summed E-state index contributed by atoms with van der Waals surface area (Å²) in [4.78, 5) is 0.912. The van der Waals surface area contributed by atoms with Crippen LogP contribution in [0.1, 0.15) is 0 Å². The molecular weight excluding hydrogens is 265 g/mol. The van der Waals surface area contributed by atoms with Gasteiger partial charge in [-0.1, -0.05) is 4.89 Å². The second-order valence-corrected chi connectivity index (χ2v) is 4.65. The summed E-state index contributed by atoms with van der Waals surface area (Å²) in [7, 11) is -3.95. The first-order chi connectivity index (χ1) is 5.97. The molecule has 1 aromatic rings. The predicted molar refractivity (Wildman–Crippen MR) is 46.2 cm³/mol. The highest BCUT2D eigenvalue weighted by Crippen LogP contribution is 2.21. The third-order valence-electron chi connectivity index (χ3n) is 1.30. The molecule has 1 rings (SSSR count). The van der Waals surface area contributed by atoms with Crippen molar-refractivity contribution in [3.8, 4) is 0 Å². The zero-order chi connectivity index (χ0) is 10.1. The standard InChI is InChI=1S/C6H5BrFNO3S/c7-5-3-4(8)1-2-6(5)13(11,12)9-10/h1-3,9-10H. The number of halogens is 2. The molecule has 0 saturated heterocycles. The fourth-order valence-corrected chi connectivity index (χ4v) is 2.39. The van der Waals surface area contributed by atoms with Crippen molar-refractivity contribution in [1.29, 1.82) is 0 Å². The van der Waals surface area contributed by atoms with Crippen LogP contribution in [0.25, 0.3) is 0 Å². The number of nitrogens with one attached hydrogen (secondary N) is 1. The Balaban J connectivity index is 3.33. The predicted octanol–water partition coefficient (Wildman–Crippen LogP) is 1.26. The Labute approximate surface area is 82.5 Å². The Morgan fingerprint density at radius 2 is 2.08 bits per heavy atom. The van der Waals surface area contributed by atoms with Crippen molar-refractivity contribution in [2.45, 2.75) is 4.90 Å². The van der Waals surface area contributed by atoms with Gasteiger partial charge < -0.3 is 5.21 Å². The molecule has 13 heavy (non-hydrogen) atoms. The van der Waals surface area contributed by atoms with E-state index < -0.39 is 15.8 Å². The summed E-state index contributed by atoms with van der Waals surface area (Å²) in [5, 5.41) is 8.29. The molecule has 0 heterocycles. The SMILES string of the molecule is O=S(=O)(NO)c1ccc(F)cc1Br. The summed E-state index contributed by atoms with van der Waals surface area (Å²) in [6.07, 6.45) is 0. The maximum atomic E-state index is 12.5. The lowest BCUT2D eigenvalue weighted by molar-refractivity contribution is 0.242. The second-order valence-electron chi connectivity index (χ2n) is 2.17. The number of hydrogen-bond donors (Lipinski definition) is 2. The molecule has 0 saturated carbocycles. The van der Waals surface area contributed by atoms with Crippen molar-refractivity contribution in [2.24, 2.45) is 0 Å². The van der Waals surface area contributed by atoms with Gasteiger partial charge >= 0.3 is 0 Å². The van der Waals surface area contributed by atoms with Crippen molar-refractivity contribution in [2.75, 3.05) is 0 Å². The first-order valence-corrected chi connectivity index (χ1v) is 5.36. The molecule has 0 unspecified atom stereocenters. The van der Waals surface area contributed by atoms with E-state index in [9.17, 15) is 12.8 Å². The van der Waals surface area contributed by atoms with E-state index in [2.05, 4.69) is 15.9 Å². The van der Waals surface area contributed by atoms with E-state index in [1.54, 1.807) is 0 Å². The Morgan fingerprint density at radius 3 is 2.54 bits per heavy atom. The molecule has 1 aromatic carbocycles. The molecule has 0 atom stereocenters. The van der Waals surface area contributed by atoms with Gasteiger partial charge in [-0.3, -0.25) is 0 Å². The third kappa shape index (κ3) is 2.25. The first kappa shape index (κ1) is 10.6. The van der Waals surface area contributed by atoms with Crippen molar-refractivity contribution in [1.82, 2.24) is 4.89 Å². The highest BCUT2D eigenvalue weighted by molar-refractivity contribution is 9.10. The lowest BCUT2D eigenvalue weighted by Crippen LogP contribution is -2.19. The van der Waals surface area contributed by atoms with Crippen molar-refractivity contribution >= 4 is 26.0 Å². The fourth-order valence-electron chi connectivity index (χ4n) is 0.742. The van der Waals surface area contributed by atoms with Crippen LogP contribution < -0.4 is 4.89 Å². The van der Waals surface area contributed by atoms with Crippen LogP contribution in [-0.4, -0.2) is 13.6 Å². The van der Waals surface area contributed by atoms with Crippen LogP contribution in [-0.2, 0) is 10.0 Å². The minimum atomic E-state index is -3.95. The molecule has 0 radical (unpaired) electrons. The van der Waals surface area contributed by atoms with Gasteiger partial charge in [0, 0.05) is 4.47 Å². The van der Waals surface area contributed by atoms with E-state index in [-0.39, 0.29) is 9.37 Å². The highest BCUT2D eigenvalue weighted by Gasteiger charge is 2.16.